The van der Waals surface area contributed by atoms with Gasteiger partial charge in [0.25, 0.3) is 0 Å². The number of hydrogen-bond acceptors (Lipinski definition) is 2. The molecule has 0 spiro atoms. The Balaban J connectivity index is 1.61. The lowest BCUT2D eigenvalue weighted by atomic mass is 9.73. The van der Waals surface area contributed by atoms with Crippen molar-refractivity contribution in [2.45, 2.75) is 19.3 Å². The second-order valence-electron chi connectivity index (χ2n) is 8.99. The van der Waals surface area contributed by atoms with Crippen LogP contribution in [-0.4, -0.2) is 28.5 Å². The van der Waals surface area contributed by atoms with Gasteiger partial charge in [-0.2, -0.15) is 9.49 Å². The molecule has 2 N–H and O–H groups in total. The number of hydrogen-bond donors (Lipinski definition) is 2. The van der Waals surface area contributed by atoms with E-state index >= 15 is 0 Å². The number of carbonyl (C=O) groups excluding carboxylic acids is 1. The van der Waals surface area contributed by atoms with Crippen LogP contribution in [0, 0.1) is 11.9 Å². The van der Waals surface area contributed by atoms with Crippen LogP contribution in [0.2, 0.25) is 0 Å². The lowest BCUT2D eigenvalue weighted by molar-refractivity contribution is -0.116. The van der Waals surface area contributed by atoms with Gasteiger partial charge in [-0.25, -0.2) is 0 Å². The number of nitrogens with zero attached hydrogens (tertiary/aromatic N) is 1. The molecule has 1 heterocycles. The molecule has 3 aromatic carbocycles. The fraction of sp³-hybridized carbons (Fsp3) is 0.200. The summed E-state index contributed by atoms with van der Waals surface area (Å²) in [7, 11) is 0. The number of aromatic amines is 1. The van der Waals surface area contributed by atoms with Crippen LogP contribution >= 0.6 is 11.6 Å². The number of rotatable bonds is 8. The van der Waals surface area contributed by atoms with E-state index in [4.69, 9.17) is 11.6 Å². The second kappa shape index (κ2) is 10.9. The zero-order chi connectivity index (χ0) is 24.9. The lowest BCUT2D eigenvalue weighted by Crippen LogP contribution is -2.22. The van der Waals surface area contributed by atoms with Gasteiger partial charge in [0, 0.05) is 18.5 Å². The molecule has 0 aliphatic heterocycles. The lowest BCUT2D eigenvalue weighted by Gasteiger charge is -2.31. The van der Waals surface area contributed by atoms with Crippen molar-refractivity contribution in [2.24, 2.45) is 5.92 Å². The van der Waals surface area contributed by atoms with Crippen LogP contribution in [0.4, 0.5) is 4.39 Å². The number of allylic oxidation sites excluding steroid dienone is 1. The van der Waals surface area contributed by atoms with Crippen LogP contribution in [0.1, 0.15) is 41.5 Å². The highest BCUT2D eigenvalue weighted by Crippen LogP contribution is 2.45. The molecule has 36 heavy (non-hydrogen) atoms. The van der Waals surface area contributed by atoms with Crippen molar-refractivity contribution in [1.82, 2.24) is 15.5 Å². The molecule has 1 aliphatic carbocycles. The minimum absolute atomic E-state index is 0.174. The minimum atomic E-state index is -0.427. The van der Waals surface area contributed by atoms with Crippen LogP contribution in [-0.2, 0) is 4.79 Å². The van der Waals surface area contributed by atoms with E-state index in [9.17, 15) is 9.18 Å². The van der Waals surface area contributed by atoms with Gasteiger partial charge in [0.2, 0.25) is 11.9 Å². The molecule has 0 bridgehead atoms. The molecule has 1 aliphatic rings. The smallest absolute Gasteiger partial charge is 0.244 e. The molecule has 0 unspecified atom stereocenters. The highest BCUT2D eigenvalue weighted by atomic mass is 35.5. The van der Waals surface area contributed by atoms with Crippen molar-refractivity contribution in [1.29, 1.82) is 0 Å². The van der Waals surface area contributed by atoms with Gasteiger partial charge in [0.05, 0.1) is 10.9 Å². The summed E-state index contributed by atoms with van der Waals surface area (Å²) in [5.41, 5.74) is 7.10. The van der Waals surface area contributed by atoms with Gasteiger partial charge in [0.15, 0.2) is 0 Å². The Hall–Kier alpha value is -3.70. The molecule has 0 radical (unpaired) electrons. The first kappa shape index (κ1) is 24.0. The number of amides is 1. The number of halogens is 2. The molecule has 5 rings (SSSR count). The maximum Gasteiger partial charge on any atom is 0.244 e. The van der Waals surface area contributed by atoms with Crippen molar-refractivity contribution in [3.05, 3.63) is 107 Å². The monoisotopic (exact) mass is 499 g/mol. The van der Waals surface area contributed by atoms with Crippen molar-refractivity contribution in [3.8, 4) is 0 Å². The second-order valence-corrected chi connectivity index (χ2v) is 9.37. The highest BCUT2D eigenvalue weighted by Gasteiger charge is 2.27. The standard InChI is InChI=1S/C30H27ClFN3O/c31-17-18-33-27(36)16-11-20-9-12-23(13-10-20)29(24-14-15-26-25(19-24)30(32)35-34-26)28(22-7-4-8-22)21-5-2-1-3-6-21/h1-3,5-6,9-16,19,22H,4,7-8,17-18H2,(H,33,36)(H,34,35)/b16-11+,29-28?. The summed E-state index contributed by atoms with van der Waals surface area (Å²) in [5, 5.41) is 9.72. The summed E-state index contributed by atoms with van der Waals surface area (Å²) in [4.78, 5) is 11.9. The number of nitrogens with one attached hydrogen (secondary N) is 2. The molecular weight excluding hydrogens is 473 g/mol. The van der Waals surface area contributed by atoms with Crippen LogP contribution in [0.15, 0.2) is 78.9 Å². The molecule has 182 valence electrons. The Morgan fingerprint density at radius 3 is 2.47 bits per heavy atom. The molecule has 1 aromatic heterocycles. The number of fused-ring (bicyclic) bond motifs is 1. The summed E-state index contributed by atoms with van der Waals surface area (Å²) < 4.78 is 14.5. The Morgan fingerprint density at radius 2 is 1.78 bits per heavy atom. The number of alkyl halides is 1. The predicted octanol–water partition coefficient (Wildman–Crippen LogP) is 6.83. The van der Waals surface area contributed by atoms with E-state index in [2.05, 4.69) is 51.9 Å². The first-order chi connectivity index (χ1) is 17.6. The topological polar surface area (TPSA) is 57.8 Å². The molecule has 1 fully saturated rings. The molecule has 0 atom stereocenters. The van der Waals surface area contributed by atoms with E-state index in [-0.39, 0.29) is 5.91 Å². The van der Waals surface area contributed by atoms with E-state index in [0.717, 1.165) is 35.1 Å². The van der Waals surface area contributed by atoms with E-state index in [1.807, 2.05) is 36.4 Å². The fourth-order valence-corrected chi connectivity index (χ4v) is 4.77. The maximum atomic E-state index is 14.5. The third-order valence-electron chi connectivity index (χ3n) is 6.68. The molecule has 1 amide bonds. The summed E-state index contributed by atoms with van der Waals surface area (Å²) in [5.74, 6) is 0.219. The Kier molecular flexibility index (Phi) is 7.28. The average molecular weight is 500 g/mol. The Labute approximate surface area is 214 Å². The van der Waals surface area contributed by atoms with Gasteiger partial charge in [-0.15, -0.1) is 11.6 Å². The minimum Gasteiger partial charge on any atom is -0.351 e. The highest BCUT2D eigenvalue weighted by molar-refractivity contribution is 6.18. The average Bonchev–Trinajstić information content (AvgIpc) is 3.26. The van der Waals surface area contributed by atoms with Gasteiger partial charge in [-0.05, 0) is 70.4 Å². The zero-order valence-corrected chi connectivity index (χ0v) is 20.6. The van der Waals surface area contributed by atoms with Gasteiger partial charge in [-0.1, -0.05) is 67.1 Å². The van der Waals surface area contributed by atoms with Crippen LogP contribution in [0.5, 0.6) is 0 Å². The molecule has 6 heteroatoms. The van der Waals surface area contributed by atoms with Gasteiger partial charge in [-0.3, -0.25) is 9.89 Å². The summed E-state index contributed by atoms with van der Waals surface area (Å²) in [6, 6.07) is 24.4. The molecular formula is C30H27ClFN3O. The maximum absolute atomic E-state index is 14.5. The van der Waals surface area contributed by atoms with E-state index in [0.29, 0.717) is 29.2 Å². The Bertz CT molecular complexity index is 1420. The molecule has 1 saturated carbocycles. The quantitative estimate of drug-likeness (QED) is 0.158. The van der Waals surface area contributed by atoms with Crippen molar-refractivity contribution in [2.75, 3.05) is 12.4 Å². The van der Waals surface area contributed by atoms with E-state index < -0.39 is 5.95 Å². The number of aromatic nitrogens is 2. The third kappa shape index (κ3) is 5.12. The molecule has 0 saturated heterocycles. The number of benzene rings is 3. The first-order valence-electron chi connectivity index (χ1n) is 12.2. The van der Waals surface area contributed by atoms with E-state index in [1.54, 1.807) is 6.08 Å². The van der Waals surface area contributed by atoms with Crippen LogP contribution < -0.4 is 5.32 Å². The molecule has 4 aromatic rings. The van der Waals surface area contributed by atoms with Crippen molar-refractivity contribution >= 4 is 45.6 Å². The SMILES string of the molecule is O=C(/C=C/c1ccc(C(=C(c2ccccc2)C2CCC2)c2ccc3n[nH]c(F)c3c2)cc1)NCCCl. The Morgan fingerprint density at radius 1 is 1.03 bits per heavy atom. The van der Waals surface area contributed by atoms with Gasteiger partial charge >= 0.3 is 0 Å². The van der Waals surface area contributed by atoms with Crippen molar-refractivity contribution in [3.63, 3.8) is 0 Å². The van der Waals surface area contributed by atoms with E-state index in [1.165, 1.54) is 23.6 Å². The predicted molar refractivity (Wildman–Crippen MR) is 145 cm³/mol. The number of carbonyl (C=O) groups is 1. The third-order valence-corrected chi connectivity index (χ3v) is 6.87. The first-order valence-corrected chi connectivity index (χ1v) is 12.7. The van der Waals surface area contributed by atoms with Crippen molar-refractivity contribution < 1.29 is 9.18 Å². The van der Waals surface area contributed by atoms with Crippen LogP contribution in [0.25, 0.3) is 28.1 Å². The normalized spacial score (nSPS) is 14.6. The summed E-state index contributed by atoms with van der Waals surface area (Å²) in [6.07, 6.45) is 6.77. The van der Waals surface area contributed by atoms with Gasteiger partial charge in [0.1, 0.15) is 0 Å². The largest absolute Gasteiger partial charge is 0.351 e. The van der Waals surface area contributed by atoms with Gasteiger partial charge < -0.3 is 5.32 Å². The molecule has 4 nitrogen and oxygen atoms in total. The summed E-state index contributed by atoms with van der Waals surface area (Å²) in [6.45, 7) is 0.433. The zero-order valence-electron chi connectivity index (χ0n) is 19.8. The summed E-state index contributed by atoms with van der Waals surface area (Å²) >= 11 is 5.63. The number of H-pyrrole nitrogens is 1. The van der Waals surface area contributed by atoms with Crippen LogP contribution in [0.3, 0.4) is 0 Å². The fourth-order valence-electron chi connectivity index (χ4n) is 4.67.